The van der Waals surface area contributed by atoms with E-state index in [1.165, 1.54) is 5.56 Å². The van der Waals surface area contributed by atoms with Gasteiger partial charge in [0.25, 0.3) is 0 Å². The third-order valence-electron chi connectivity index (χ3n) is 5.25. The van der Waals surface area contributed by atoms with Crippen LogP contribution in [0.1, 0.15) is 27.7 Å². The van der Waals surface area contributed by atoms with Crippen molar-refractivity contribution in [3.63, 3.8) is 0 Å². The van der Waals surface area contributed by atoms with Crippen LogP contribution in [-0.2, 0) is 11.2 Å². The van der Waals surface area contributed by atoms with Gasteiger partial charge in [-0.2, -0.15) is 0 Å². The highest BCUT2D eigenvalue weighted by Gasteiger charge is 2.23. The van der Waals surface area contributed by atoms with E-state index in [9.17, 15) is 4.79 Å². The van der Waals surface area contributed by atoms with Crippen LogP contribution in [0.25, 0.3) is 11.3 Å². The molecule has 4 rings (SSSR count). The maximum Gasteiger partial charge on any atom is 0.248 e. The van der Waals surface area contributed by atoms with Crippen LogP contribution in [0.15, 0.2) is 72.8 Å². The zero-order valence-corrected chi connectivity index (χ0v) is 16.3. The SMILES string of the molecule is NC(=O)c1cccc(-c2cccc(C3CN(CCc4ccccc4)CCO3)n2)c1. The minimum absolute atomic E-state index is 0.0567. The van der Waals surface area contributed by atoms with Crippen molar-refractivity contribution in [3.8, 4) is 11.3 Å². The van der Waals surface area contributed by atoms with Crippen molar-refractivity contribution in [2.45, 2.75) is 12.5 Å². The molecule has 5 nitrogen and oxygen atoms in total. The fraction of sp³-hybridized carbons (Fsp3) is 0.250. The molecular formula is C24H25N3O2. The lowest BCUT2D eigenvalue weighted by Crippen LogP contribution is -2.39. The minimum Gasteiger partial charge on any atom is -0.369 e. The number of aromatic nitrogens is 1. The molecule has 29 heavy (non-hydrogen) atoms. The summed E-state index contributed by atoms with van der Waals surface area (Å²) in [5.41, 5.74) is 9.85. The second-order valence-electron chi connectivity index (χ2n) is 7.29. The summed E-state index contributed by atoms with van der Waals surface area (Å²) in [5.74, 6) is -0.437. The average molecular weight is 387 g/mol. The predicted molar refractivity (Wildman–Crippen MR) is 113 cm³/mol. The van der Waals surface area contributed by atoms with Crippen LogP contribution in [0.5, 0.6) is 0 Å². The van der Waals surface area contributed by atoms with Gasteiger partial charge in [0.05, 0.1) is 18.0 Å². The van der Waals surface area contributed by atoms with E-state index >= 15 is 0 Å². The van der Waals surface area contributed by atoms with Crippen molar-refractivity contribution in [3.05, 3.63) is 89.6 Å². The lowest BCUT2D eigenvalue weighted by Gasteiger charge is -2.32. The van der Waals surface area contributed by atoms with Crippen LogP contribution in [0.4, 0.5) is 0 Å². The highest BCUT2D eigenvalue weighted by Crippen LogP contribution is 2.25. The van der Waals surface area contributed by atoms with Crippen molar-refractivity contribution in [1.29, 1.82) is 0 Å². The van der Waals surface area contributed by atoms with E-state index in [-0.39, 0.29) is 6.10 Å². The second kappa shape index (κ2) is 8.99. The van der Waals surface area contributed by atoms with Gasteiger partial charge in [-0.25, -0.2) is 0 Å². The molecule has 2 N–H and O–H groups in total. The standard InChI is InChI=1S/C24H25N3O2/c25-24(28)20-9-4-8-19(16-20)21-10-5-11-22(26-21)23-17-27(14-15-29-23)13-12-18-6-2-1-3-7-18/h1-11,16,23H,12-15,17H2,(H2,25,28). The Balaban J connectivity index is 1.46. The Morgan fingerprint density at radius 1 is 1.07 bits per heavy atom. The van der Waals surface area contributed by atoms with Crippen LogP contribution in [0.3, 0.4) is 0 Å². The Labute approximate surface area is 171 Å². The molecule has 1 atom stereocenters. The molecule has 0 aliphatic carbocycles. The van der Waals surface area contributed by atoms with Crippen LogP contribution in [-0.4, -0.2) is 42.0 Å². The number of pyridine rings is 1. The highest BCUT2D eigenvalue weighted by molar-refractivity contribution is 5.93. The van der Waals surface area contributed by atoms with Crippen molar-refractivity contribution in [1.82, 2.24) is 9.88 Å². The van der Waals surface area contributed by atoms with Gasteiger partial charge in [0.2, 0.25) is 5.91 Å². The Morgan fingerprint density at radius 3 is 2.72 bits per heavy atom. The van der Waals surface area contributed by atoms with Gasteiger partial charge in [0, 0.05) is 30.8 Å². The van der Waals surface area contributed by atoms with E-state index in [2.05, 4.69) is 29.2 Å². The molecule has 1 amide bonds. The molecule has 0 spiro atoms. The lowest BCUT2D eigenvalue weighted by atomic mass is 10.1. The zero-order chi connectivity index (χ0) is 20.1. The van der Waals surface area contributed by atoms with E-state index in [1.54, 1.807) is 12.1 Å². The maximum absolute atomic E-state index is 11.5. The first-order chi connectivity index (χ1) is 14.2. The third-order valence-corrected chi connectivity index (χ3v) is 5.25. The van der Waals surface area contributed by atoms with Gasteiger partial charge in [-0.05, 0) is 36.2 Å². The summed E-state index contributed by atoms with van der Waals surface area (Å²) in [6, 6.07) is 23.7. The Hall–Kier alpha value is -3.02. The number of nitrogens with two attached hydrogens (primary N) is 1. The summed E-state index contributed by atoms with van der Waals surface area (Å²) in [7, 11) is 0. The molecule has 5 heteroatoms. The average Bonchev–Trinajstić information content (AvgIpc) is 2.79. The molecular weight excluding hydrogens is 362 g/mol. The number of hydrogen-bond donors (Lipinski definition) is 1. The fourth-order valence-electron chi connectivity index (χ4n) is 3.64. The molecule has 1 unspecified atom stereocenters. The third kappa shape index (κ3) is 4.88. The van der Waals surface area contributed by atoms with Crippen molar-refractivity contribution < 1.29 is 9.53 Å². The van der Waals surface area contributed by atoms with Crippen LogP contribution in [0, 0.1) is 0 Å². The molecule has 3 aromatic rings. The minimum atomic E-state index is -0.437. The number of carbonyl (C=O) groups excluding carboxylic acids is 1. The number of ether oxygens (including phenoxy) is 1. The molecule has 0 bridgehead atoms. The van der Waals surface area contributed by atoms with Crippen LogP contribution < -0.4 is 5.73 Å². The molecule has 148 valence electrons. The van der Waals surface area contributed by atoms with Gasteiger partial charge in [-0.1, -0.05) is 48.5 Å². The zero-order valence-electron chi connectivity index (χ0n) is 16.3. The number of hydrogen-bond acceptors (Lipinski definition) is 4. The molecule has 1 saturated heterocycles. The summed E-state index contributed by atoms with van der Waals surface area (Å²) >= 11 is 0. The van der Waals surface area contributed by atoms with E-state index in [4.69, 9.17) is 15.5 Å². The monoisotopic (exact) mass is 387 g/mol. The van der Waals surface area contributed by atoms with Crippen LogP contribution >= 0.6 is 0 Å². The first-order valence-corrected chi connectivity index (χ1v) is 9.94. The normalized spacial score (nSPS) is 17.2. The fourth-order valence-corrected chi connectivity index (χ4v) is 3.64. The van der Waals surface area contributed by atoms with E-state index in [0.717, 1.165) is 43.0 Å². The molecule has 0 saturated carbocycles. The molecule has 0 radical (unpaired) electrons. The topological polar surface area (TPSA) is 68.5 Å². The van der Waals surface area contributed by atoms with Gasteiger partial charge >= 0.3 is 0 Å². The lowest BCUT2D eigenvalue weighted by molar-refractivity contribution is -0.0316. The number of nitrogens with zero attached hydrogens (tertiary/aromatic N) is 2. The summed E-state index contributed by atoms with van der Waals surface area (Å²) < 4.78 is 6.02. The quantitative estimate of drug-likeness (QED) is 0.703. The number of carbonyl (C=O) groups is 1. The summed E-state index contributed by atoms with van der Waals surface area (Å²) in [6.45, 7) is 3.46. The smallest absolute Gasteiger partial charge is 0.248 e. The first kappa shape index (κ1) is 19.3. The van der Waals surface area contributed by atoms with Crippen molar-refractivity contribution >= 4 is 5.91 Å². The molecule has 2 heterocycles. The second-order valence-corrected chi connectivity index (χ2v) is 7.29. The first-order valence-electron chi connectivity index (χ1n) is 9.94. The summed E-state index contributed by atoms with van der Waals surface area (Å²) in [5, 5.41) is 0. The summed E-state index contributed by atoms with van der Waals surface area (Å²) in [4.78, 5) is 18.7. The Kier molecular flexibility index (Phi) is 5.98. The van der Waals surface area contributed by atoms with Gasteiger partial charge < -0.3 is 10.5 Å². The van der Waals surface area contributed by atoms with E-state index in [1.807, 2.05) is 36.4 Å². The molecule has 1 fully saturated rings. The number of benzene rings is 2. The van der Waals surface area contributed by atoms with Gasteiger partial charge in [0.1, 0.15) is 6.10 Å². The Bertz CT molecular complexity index is 975. The van der Waals surface area contributed by atoms with E-state index in [0.29, 0.717) is 12.2 Å². The molecule has 1 aromatic heterocycles. The maximum atomic E-state index is 11.5. The molecule has 2 aromatic carbocycles. The largest absolute Gasteiger partial charge is 0.369 e. The van der Waals surface area contributed by atoms with Gasteiger partial charge in [-0.15, -0.1) is 0 Å². The van der Waals surface area contributed by atoms with Gasteiger partial charge in [0.15, 0.2) is 0 Å². The number of morpholine rings is 1. The number of amides is 1. The highest BCUT2D eigenvalue weighted by atomic mass is 16.5. The van der Waals surface area contributed by atoms with Gasteiger partial charge in [-0.3, -0.25) is 14.7 Å². The van der Waals surface area contributed by atoms with E-state index < -0.39 is 5.91 Å². The van der Waals surface area contributed by atoms with Crippen LogP contribution in [0.2, 0.25) is 0 Å². The molecule has 1 aliphatic heterocycles. The Morgan fingerprint density at radius 2 is 1.90 bits per heavy atom. The number of primary amides is 1. The van der Waals surface area contributed by atoms with Crippen molar-refractivity contribution in [2.75, 3.05) is 26.2 Å². The van der Waals surface area contributed by atoms with Crippen molar-refractivity contribution in [2.24, 2.45) is 5.73 Å². The number of rotatable bonds is 6. The predicted octanol–water partition coefficient (Wildman–Crippen LogP) is 3.46. The molecule has 1 aliphatic rings. The summed E-state index contributed by atoms with van der Waals surface area (Å²) in [6.07, 6.45) is 0.972.